The van der Waals surface area contributed by atoms with Crippen molar-refractivity contribution in [2.75, 3.05) is 13.2 Å². The maximum atomic E-state index is 13.0. The number of nitrogens with zero attached hydrogens (tertiary/aromatic N) is 2. The maximum absolute atomic E-state index is 13.0. The first-order valence-corrected chi connectivity index (χ1v) is 19.9. The van der Waals surface area contributed by atoms with E-state index in [9.17, 15) is 14.7 Å². The summed E-state index contributed by atoms with van der Waals surface area (Å²) in [6.45, 7) is 17.1. The summed E-state index contributed by atoms with van der Waals surface area (Å²) < 4.78 is 33.2. The Hall–Kier alpha value is -2.38. The first-order valence-electron chi connectivity index (χ1n) is 16.0. The van der Waals surface area contributed by atoms with Crippen LogP contribution in [-0.4, -0.2) is 102 Å². The number of carbonyl (C=O) groups excluding carboxylic acids is 2. The number of benzene rings is 1. The van der Waals surface area contributed by atoms with Gasteiger partial charge in [-0.3, -0.25) is 19.9 Å². The number of aliphatic imine (C=N–C) groups is 1. The summed E-state index contributed by atoms with van der Waals surface area (Å²) in [7, 11) is -5.77. The second-order valence-electron chi connectivity index (χ2n) is 13.5. The van der Waals surface area contributed by atoms with Crippen LogP contribution < -0.4 is 20.7 Å². The van der Waals surface area contributed by atoms with Crippen LogP contribution in [0.4, 0.5) is 0 Å². The predicted molar refractivity (Wildman–Crippen MR) is 172 cm³/mol. The molecule has 3 fully saturated rings. The van der Waals surface area contributed by atoms with E-state index in [1.54, 1.807) is 17.0 Å². The first-order chi connectivity index (χ1) is 21.3. The number of amides is 2. The zero-order valence-corrected chi connectivity index (χ0v) is 29.4. The van der Waals surface area contributed by atoms with Gasteiger partial charge in [0.25, 0.3) is 11.8 Å². The molecule has 4 heterocycles. The van der Waals surface area contributed by atoms with Crippen molar-refractivity contribution in [3.63, 3.8) is 0 Å². The van der Waals surface area contributed by atoms with Crippen LogP contribution in [0.1, 0.15) is 55.4 Å². The van der Waals surface area contributed by atoms with E-state index in [1.807, 2.05) is 18.2 Å². The van der Waals surface area contributed by atoms with Crippen molar-refractivity contribution in [1.29, 1.82) is 0 Å². The third-order valence-corrected chi connectivity index (χ3v) is 19.5. The third kappa shape index (κ3) is 6.45. The minimum Gasteiger partial charge on any atom is -0.484 e. The third-order valence-electron chi connectivity index (χ3n) is 9.23. The molecule has 3 saturated heterocycles. The van der Waals surface area contributed by atoms with E-state index in [4.69, 9.17) is 22.4 Å². The van der Waals surface area contributed by atoms with Crippen molar-refractivity contribution >= 4 is 35.3 Å². The van der Waals surface area contributed by atoms with Crippen LogP contribution in [0.3, 0.4) is 0 Å². The van der Waals surface area contributed by atoms with Crippen LogP contribution in [0.25, 0.3) is 0 Å². The molecule has 0 radical (unpaired) electrons. The van der Waals surface area contributed by atoms with E-state index in [-0.39, 0.29) is 41.3 Å². The van der Waals surface area contributed by atoms with E-state index in [1.165, 1.54) is 6.34 Å². The average Bonchev–Trinajstić information content (AvgIpc) is 3.52. The second kappa shape index (κ2) is 13.4. The Morgan fingerprint density at radius 1 is 1.07 bits per heavy atom. The zero-order chi connectivity index (χ0) is 32.7. The molecule has 0 aliphatic carbocycles. The topological polar surface area (TPSA) is 152 Å². The normalized spacial score (nSPS) is 32.3. The van der Waals surface area contributed by atoms with E-state index in [0.717, 1.165) is 0 Å². The second-order valence-corrected chi connectivity index (χ2v) is 22.3. The lowest BCUT2D eigenvalue weighted by molar-refractivity contribution is -0.133. The van der Waals surface area contributed by atoms with E-state index in [2.05, 4.69) is 76.3 Å². The van der Waals surface area contributed by atoms with Crippen LogP contribution in [-0.2, 0) is 27.3 Å². The monoisotopic (exact) mass is 663 g/mol. The van der Waals surface area contributed by atoms with Crippen LogP contribution in [0.15, 0.2) is 35.3 Å². The molecule has 7 atom stereocenters. The van der Waals surface area contributed by atoms with Crippen molar-refractivity contribution in [3.8, 4) is 5.75 Å². The van der Waals surface area contributed by atoms with Gasteiger partial charge in [0.2, 0.25) is 0 Å². The molecule has 0 aromatic heterocycles. The molecule has 2 amide bonds. The summed E-state index contributed by atoms with van der Waals surface area (Å²) in [6, 6.07) is 8.19. The Balaban J connectivity index is 1.33. The van der Waals surface area contributed by atoms with Gasteiger partial charge in [0.15, 0.2) is 25.2 Å². The van der Waals surface area contributed by atoms with Crippen molar-refractivity contribution in [2.45, 2.75) is 121 Å². The zero-order valence-electron chi connectivity index (χ0n) is 27.4. The van der Waals surface area contributed by atoms with Gasteiger partial charge in [0.1, 0.15) is 30.2 Å². The van der Waals surface area contributed by atoms with Gasteiger partial charge in [-0.25, -0.2) is 0 Å². The highest BCUT2D eigenvalue weighted by molar-refractivity contribution is 6.84. The molecular weight excluding hydrogens is 615 g/mol. The Morgan fingerprint density at radius 2 is 1.71 bits per heavy atom. The van der Waals surface area contributed by atoms with E-state index < -0.39 is 66.1 Å². The number of para-hydroxylation sites is 1. The number of fused-ring (bicyclic) bond motifs is 2. The van der Waals surface area contributed by atoms with Gasteiger partial charge in [-0.05, 0) is 34.3 Å². The number of ether oxygens (including phenoxy) is 2. The minimum atomic E-state index is -2.98. The Labute approximate surface area is 267 Å². The lowest BCUT2D eigenvalue weighted by Gasteiger charge is -2.51. The Bertz CT molecular complexity index is 1220. The van der Waals surface area contributed by atoms with Crippen molar-refractivity contribution in [1.82, 2.24) is 20.9 Å². The summed E-state index contributed by atoms with van der Waals surface area (Å²) >= 11 is 0. The maximum Gasteiger partial charge on any atom is 0.335 e. The highest BCUT2D eigenvalue weighted by atomic mass is 28.5. The molecule has 4 N–H and O–H groups in total. The number of nitrogens with one attached hydrogen (secondary N) is 3. The molecule has 15 heteroatoms. The van der Waals surface area contributed by atoms with Crippen LogP contribution in [0.5, 0.6) is 5.75 Å². The molecule has 4 aliphatic rings. The fourth-order valence-electron chi connectivity index (χ4n) is 6.85. The fraction of sp³-hybridized carbons (Fsp3) is 0.700. The van der Waals surface area contributed by atoms with Gasteiger partial charge in [-0.2, -0.15) is 0 Å². The SMILES string of the molecule is CC(C)[Si]1(C(C)C)OCC2OC(N3C=NC4C(=O)NC(NC(=O)COc5ccccc5)NC43)C(O)C2O[Si](C(C)C)(C(C)C)O1. The number of carbonyl (C=O) groups is 2. The summed E-state index contributed by atoms with van der Waals surface area (Å²) in [5, 5.41) is 20.5. The van der Waals surface area contributed by atoms with Crippen molar-refractivity contribution in [3.05, 3.63) is 30.3 Å². The average molecular weight is 664 g/mol. The summed E-state index contributed by atoms with van der Waals surface area (Å²) in [4.78, 5) is 31.8. The summed E-state index contributed by atoms with van der Waals surface area (Å²) in [6.07, 6.45) is -3.27. The minimum absolute atomic E-state index is 0.0900. The predicted octanol–water partition coefficient (Wildman–Crippen LogP) is 2.27. The first kappa shape index (κ1) is 34.0. The number of rotatable bonds is 9. The van der Waals surface area contributed by atoms with E-state index in [0.29, 0.717) is 5.75 Å². The quantitative estimate of drug-likeness (QED) is 0.290. The number of aliphatic hydroxyl groups excluding tert-OH is 1. The summed E-state index contributed by atoms with van der Waals surface area (Å²) in [5.41, 5.74) is 0.524. The molecule has 0 bridgehead atoms. The number of hydrogen-bond donors (Lipinski definition) is 4. The molecule has 0 saturated carbocycles. The van der Waals surface area contributed by atoms with Crippen LogP contribution in [0.2, 0.25) is 22.2 Å². The lowest BCUT2D eigenvalue weighted by Crippen LogP contribution is -2.72. The molecule has 1 aromatic rings. The molecular formula is C30H49N5O8Si2. The van der Waals surface area contributed by atoms with Gasteiger partial charge in [0, 0.05) is 0 Å². The van der Waals surface area contributed by atoms with Gasteiger partial charge in [-0.1, -0.05) is 73.6 Å². The molecule has 7 unspecified atom stereocenters. The highest BCUT2D eigenvalue weighted by Crippen LogP contribution is 2.47. The number of aliphatic hydroxyl groups is 1. The molecule has 250 valence electrons. The van der Waals surface area contributed by atoms with Crippen LogP contribution in [0, 0.1) is 0 Å². The molecule has 13 nitrogen and oxygen atoms in total. The number of hydrogen-bond acceptors (Lipinski definition) is 11. The molecule has 1 aromatic carbocycles. The highest BCUT2D eigenvalue weighted by Gasteiger charge is 2.62. The molecule has 0 spiro atoms. The largest absolute Gasteiger partial charge is 0.484 e. The summed E-state index contributed by atoms with van der Waals surface area (Å²) in [5.74, 6) is -0.230. The Morgan fingerprint density at radius 3 is 2.33 bits per heavy atom. The van der Waals surface area contributed by atoms with Crippen molar-refractivity contribution in [2.24, 2.45) is 4.99 Å². The van der Waals surface area contributed by atoms with Gasteiger partial charge < -0.3 is 43.1 Å². The standard InChI is InChI=1S/C30H49N5O8Si2/c1-17(2)44(18(3)4)40-14-22-26(42-45(43-44,19(5)6)20(7)8)25(37)29(41-22)35-16-31-24-27(35)33-30(34-28(24)38)32-23(36)15-39-21-12-10-9-11-13-21/h9-13,16-20,22,24-27,29-30,33,37H,14-15H2,1-8H3,(H,32,36)(H,34,38). The van der Waals surface area contributed by atoms with Gasteiger partial charge >= 0.3 is 17.1 Å². The molecule has 5 rings (SSSR count). The molecule has 45 heavy (non-hydrogen) atoms. The lowest BCUT2D eigenvalue weighted by atomic mass is 10.1. The van der Waals surface area contributed by atoms with Gasteiger partial charge in [0.05, 0.1) is 12.9 Å². The van der Waals surface area contributed by atoms with Gasteiger partial charge in [-0.15, -0.1) is 0 Å². The van der Waals surface area contributed by atoms with Crippen molar-refractivity contribution < 1.29 is 37.1 Å². The fourth-order valence-corrected chi connectivity index (χ4v) is 18.1. The van der Waals surface area contributed by atoms with E-state index >= 15 is 0 Å². The Kier molecular flexibility index (Phi) is 10.1. The molecule has 4 aliphatic heterocycles. The smallest absolute Gasteiger partial charge is 0.335 e. The van der Waals surface area contributed by atoms with Crippen LogP contribution >= 0.6 is 0 Å².